The number of hydrogen-bond acceptors (Lipinski definition) is 4. The van der Waals surface area contributed by atoms with E-state index in [2.05, 4.69) is 22.3 Å². The van der Waals surface area contributed by atoms with E-state index >= 15 is 0 Å². The number of nitrogens with one attached hydrogen (secondary N) is 1. The van der Waals surface area contributed by atoms with Gasteiger partial charge in [-0.3, -0.25) is 9.69 Å². The standard InChI is InChI=1S/C25H32ClN3O3S/c26-22-8-3-21(4-9-22)19-28-17-13-23(14-18-28)27-25(30)12-7-20-5-10-24(11-6-20)33(31,32)29-15-1-2-16-29/h3-6,8-11,23H,1-2,7,12-19H2,(H,27,30). The molecule has 178 valence electrons. The quantitative estimate of drug-likeness (QED) is 0.611. The summed E-state index contributed by atoms with van der Waals surface area (Å²) < 4.78 is 26.8. The van der Waals surface area contributed by atoms with Gasteiger partial charge in [-0.2, -0.15) is 4.31 Å². The van der Waals surface area contributed by atoms with Crippen LogP contribution in [0.15, 0.2) is 53.4 Å². The van der Waals surface area contributed by atoms with Crippen molar-refractivity contribution in [3.05, 3.63) is 64.7 Å². The normalized spacial score (nSPS) is 18.5. The third-order valence-electron chi connectivity index (χ3n) is 6.54. The molecule has 2 aromatic carbocycles. The Morgan fingerprint density at radius 3 is 2.15 bits per heavy atom. The summed E-state index contributed by atoms with van der Waals surface area (Å²) in [5.41, 5.74) is 2.23. The van der Waals surface area contributed by atoms with Crippen LogP contribution >= 0.6 is 11.6 Å². The molecule has 1 amide bonds. The minimum absolute atomic E-state index is 0.0555. The van der Waals surface area contributed by atoms with Crippen LogP contribution in [0, 0.1) is 0 Å². The predicted octanol–water partition coefficient (Wildman–Crippen LogP) is 3.84. The van der Waals surface area contributed by atoms with Crippen molar-refractivity contribution in [1.82, 2.24) is 14.5 Å². The van der Waals surface area contributed by atoms with E-state index in [1.165, 1.54) is 5.56 Å². The molecule has 0 unspecified atom stereocenters. The van der Waals surface area contributed by atoms with Gasteiger partial charge >= 0.3 is 0 Å². The summed E-state index contributed by atoms with van der Waals surface area (Å²) in [5.74, 6) is 0.0555. The monoisotopic (exact) mass is 489 g/mol. The average Bonchev–Trinajstić information content (AvgIpc) is 3.37. The third kappa shape index (κ3) is 6.57. The largest absolute Gasteiger partial charge is 0.353 e. The summed E-state index contributed by atoms with van der Waals surface area (Å²) >= 11 is 5.96. The number of likely N-dealkylation sites (tertiary alicyclic amines) is 1. The minimum atomic E-state index is -3.39. The van der Waals surface area contributed by atoms with Gasteiger partial charge in [-0.25, -0.2) is 8.42 Å². The second kappa shape index (κ2) is 11.0. The summed E-state index contributed by atoms with van der Waals surface area (Å²) in [6.45, 7) is 4.02. The van der Waals surface area contributed by atoms with Crippen LogP contribution in [0.5, 0.6) is 0 Å². The van der Waals surface area contributed by atoms with Crippen LogP contribution in [-0.4, -0.2) is 55.8 Å². The molecule has 0 saturated carbocycles. The average molecular weight is 490 g/mol. The van der Waals surface area contributed by atoms with E-state index in [1.54, 1.807) is 16.4 Å². The first-order valence-corrected chi connectivity index (χ1v) is 13.6. The number of sulfonamides is 1. The van der Waals surface area contributed by atoms with Crippen molar-refractivity contribution in [1.29, 1.82) is 0 Å². The van der Waals surface area contributed by atoms with Crippen LogP contribution < -0.4 is 5.32 Å². The van der Waals surface area contributed by atoms with Crippen LogP contribution in [0.25, 0.3) is 0 Å². The van der Waals surface area contributed by atoms with E-state index in [0.29, 0.717) is 30.8 Å². The topological polar surface area (TPSA) is 69.7 Å². The number of carbonyl (C=O) groups is 1. The van der Waals surface area contributed by atoms with E-state index in [4.69, 9.17) is 11.6 Å². The third-order valence-corrected chi connectivity index (χ3v) is 8.70. The summed E-state index contributed by atoms with van der Waals surface area (Å²) in [5, 5.41) is 3.92. The molecule has 0 atom stereocenters. The van der Waals surface area contributed by atoms with Crippen LogP contribution in [0.2, 0.25) is 5.02 Å². The van der Waals surface area contributed by atoms with E-state index in [9.17, 15) is 13.2 Å². The van der Waals surface area contributed by atoms with Gasteiger partial charge < -0.3 is 5.32 Å². The number of carbonyl (C=O) groups excluding carboxylic acids is 1. The Hall–Kier alpha value is -1.93. The van der Waals surface area contributed by atoms with Gasteiger partial charge in [0.2, 0.25) is 15.9 Å². The Morgan fingerprint density at radius 1 is 0.909 bits per heavy atom. The summed E-state index contributed by atoms with van der Waals surface area (Å²) in [4.78, 5) is 15.2. The van der Waals surface area contributed by atoms with Crippen molar-refractivity contribution < 1.29 is 13.2 Å². The van der Waals surface area contributed by atoms with Gasteiger partial charge in [-0.1, -0.05) is 35.9 Å². The molecule has 2 fully saturated rings. The highest BCUT2D eigenvalue weighted by molar-refractivity contribution is 7.89. The minimum Gasteiger partial charge on any atom is -0.353 e. The molecule has 1 N–H and O–H groups in total. The van der Waals surface area contributed by atoms with Crippen LogP contribution in [0.1, 0.15) is 43.2 Å². The molecule has 4 rings (SSSR count). The van der Waals surface area contributed by atoms with Crippen molar-refractivity contribution in [3.63, 3.8) is 0 Å². The summed E-state index contributed by atoms with van der Waals surface area (Å²) in [7, 11) is -3.39. The van der Waals surface area contributed by atoms with Gasteiger partial charge in [0.25, 0.3) is 0 Å². The van der Waals surface area contributed by atoms with E-state index in [-0.39, 0.29) is 11.9 Å². The highest BCUT2D eigenvalue weighted by atomic mass is 35.5. The van der Waals surface area contributed by atoms with Gasteiger partial charge in [0.05, 0.1) is 4.90 Å². The Labute approximate surface area is 202 Å². The van der Waals surface area contributed by atoms with E-state index in [0.717, 1.165) is 55.9 Å². The fourth-order valence-electron chi connectivity index (χ4n) is 4.55. The number of piperidine rings is 1. The first-order chi connectivity index (χ1) is 15.9. The first-order valence-electron chi connectivity index (χ1n) is 11.8. The van der Waals surface area contributed by atoms with Gasteiger partial charge in [0, 0.05) is 50.2 Å². The SMILES string of the molecule is O=C(CCc1ccc(S(=O)(=O)N2CCCC2)cc1)NC1CCN(Cc2ccc(Cl)cc2)CC1. The fraction of sp³-hybridized carbons (Fsp3) is 0.480. The van der Waals surface area contributed by atoms with Crippen molar-refractivity contribution in [2.45, 2.75) is 56.0 Å². The van der Waals surface area contributed by atoms with Crippen molar-refractivity contribution >= 4 is 27.5 Å². The molecule has 2 aromatic rings. The van der Waals surface area contributed by atoms with Crippen LogP contribution in [-0.2, 0) is 27.8 Å². The fourth-order valence-corrected chi connectivity index (χ4v) is 6.19. The number of aryl methyl sites for hydroxylation is 1. The second-order valence-corrected chi connectivity index (χ2v) is 11.4. The molecule has 33 heavy (non-hydrogen) atoms. The Morgan fingerprint density at radius 2 is 1.52 bits per heavy atom. The molecule has 0 aliphatic carbocycles. The maximum Gasteiger partial charge on any atom is 0.243 e. The molecule has 8 heteroatoms. The van der Waals surface area contributed by atoms with Crippen molar-refractivity contribution in [3.8, 4) is 0 Å². The molecule has 0 aromatic heterocycles. The van der Waals surface area contributed by atoms with E-state index < -0.39 is 10.0 Å². The Kier molecular flexibility index (Phi) is 8.07. The number of halogens is 1. The lowest BCUT2D eigenvalue weighted by atomic mass is 10.0. The smallest absolute Gasteiger partial charge is 0.243 e. The van der Waals surface area contributed by atoms with Gasteiger partial charge in [0.1, 0.15) is 0 Å². The van der Waals surface area contributed by atoms with Crippen molar-refractivity contribution in [2.24, 2.45) is 0 Å². The molecule has 2 heterocycles. The van der Waals surface area contributed by atoms with E-state index in [1.807, 2.05) is 24.3 Å². The summed E-state index contributed by atoms with van der Waals surface area (Å²) in [6, 6.07) is 15.2. The van der Waals surface area contributed by atoms with Gasteiger partial charge in [0.15, 0.2) is 0 Å². The molecule has 0 spiro atoms. The molecule has 2 saturated heterocycles. The van der Waals surface area contributed by atoms with Gasteiger partial charge in [-0.05, 0) is 67.5 Å². The number of amides is 1. The maximum atomic E-state index is 12.6. The lowest BCUT2D eigenvalue weighted by Crippen LogP contribution is -2.44. The second-order valence-electron chi connectivity index (χ2n) is 9.00. The molecular formula is C25H32ClN3O3S. The maximum absolute atomic E-state index is 12.6. The number of benzene rings is 2. The molecular weight excluding hydrogens is 458 g/mol. The molecule has 6 nitrogen and oxygen atoms in total. The highest BCUT2D eigenvalue weighted by Gasteiger charge is 2.27. The summed E-state index contributed by atoms with van der Waals surface area (Å²) in [6.07, 6.45) is 4.75. The van der Waals surface area contributed by atoms with Gasteiger partial charge in [-0.15, -0.1) is 0 Å². The highest BCUT2D eigenvalue weighted by Crippen LogP contribution is 2.21. The Balaban J connectivity index is 1.19. The van der Waals surface area contributed by atoms with Crippen LogP contribution in [0.4, 0.5) is 0 Å². The Bertz CT molecular complexity index is 1030. The molecule has 2 aliphatic rings. The first kappa shape index (κ1) is 24.2. The number of nitrogens with zero attached hydrogens (tertiary/aromatic N) is 2. The van der Waals surface area contributed by atoms with Crippen LogP contribution in [0.3, 0.4) is 0 Å². The molecule has 2 aliphatic heterocycles. The zero-order valence-electron chi connectivity index (χ0n) is 18.9. The molecule has 0 bridgehead atoms. The lowest BCUT2D eigenvalue weighted by Gasteiger charge is -2.32. The number of rotatable bonds is 8. The zero-order valence-corrected chi connectivity index (χ0v) is 20.5. The zero-order chi connectivity index (χ0) is 23.3. The predicted molar refractivity (Wildman–Crippen MR) is 131 cm³/mol. The number of hydrogen-bond donors (Lipinski definition) is 1. The van der Waals surface area contributed by atoms with Crippen molar-refractivity contribution in [2.75, 3.05) is 26.2 Å². The lowest BCUT2D eigenvalue weighted by molar-refractivity contribution is -0.122. The molecule has 0 radical (unpaired) electrons.